The van der Waals surface area contributed by atoms with Gasteiger partial charge in [0.25, 0.3) is 0 Å². The van der Waals surface area contributed by atoms with Crippen LogP contribution in [0.25, 0.3) is 10.7 Å². The molecule has 0 spiro atoms. The molecule has 0 saturated heterocycles. The Morgan fingerprint density at radius 2 is 2.15 bits per heavy atom. The predicted molar refractivity (Wildman–Crippen MR) is 80.1 cm³/mol. The Hall–Kier alpha value is -2.12. The van der Waals surface area contributed by atoms with E-state index in [-0.39, 0.29) is 5.82 Å². The van der Waals surface area contributed by atoms with Crippen LogP contribution < -0.4 is 0 Å². The van der Waals surface area contributed by atoms with Gasteiger partial charge in [0.05, 0.1) is 11.1 Å². The van der Waals surface area contributed by atoms with Gasteiger partial charge >= 0.3 is 0 Å². The van der Waals surface area contributed by atoms with Gasteiger partial charge in [0.2, 0.25) is 4.77 Å². The third-order valence-corrected chi connectivity index (χ3v) is 3.74. The number of aromatic amines is 1. The highest BCUT2D eigenvalue weighted by atomic mass is 32.1. The molecule has 0 aliphatic heterocycles. The molecule has 3 aromatic rings. The predicted octanol–water partition coefficient (Wildman–Crippen LogP) is 3.69. The van der Waals surface area contributed by atoms with Gasteiger partial charge in [0.1, 0.15) is 5.82 Å². The van der Waals surface area contributed by atoms with Gasteiger partial charge in [-0.3, -0.25) is 0 Å². The summed E-state index contributed by atoms with van der Waals surface area (Å²) < 4.78 is 15.4. The highest BCUT2D eigenvalue weighted by molar-refractivity contribution is 7.71. The van der Waals surface area contributed by atoms with Gasteiger partial charge in [0, 0.05) is 5.56 Å². The fraction of sp³-hybridized carbons (Fsp3) is 0. The van der Waals surface area contributed by atoms with E-state index < -0.39 is 0 Å². The minimum Gasteiger partial charge on any atom is -0.250 e. The van der Waals surface area contributed by atoms with E-state index >= 15 is 0 Å². The molecule has 3 rings (SSSR count). The van der Waals surface area contributed by atoms with Gasteiger partial charge in [-0.05, 0) is 29.7 Å². The van der Waals surface area contributed by atoms with Crippen LogP contribution in [-0.2, 0) is 0 Å². The molecular weight excluding hydrogens is 295 g/mol. The Morgan fingerprint density at radius 3 is 2.90 bits per heavy atom. The molecule has 0 unspecified atom stereocenters. The van der Waals surface area contributed by atoms with E-state index in [0.29, 0.717) is 16.2 Å². The lowest BCUT2D eigenvalue weighted by Gasteiger charge is -1.98. The zero-order valence-corrected chi connectivity index (χ0v) is 11.8. The van der Waals surface area contributed by atoms with E-state index in [2.05, 4.69) is 15.3 Å². The second-order valence-electron chi connectivity index (χ2n) is 3.91. The van der Waals surface area contributed by atoms with Crippen molar-refractivity contribution < 1.29 is 4.39 Å². The molecule has 1 N–H and O–H groups in total. The fourth-order valence-corrected chi connectivity index (χ4v) is 2.54. The summed E-state index contributed by atoms with van der Waals surface area (Å²) in [5.41, 5.74) is 0.396. The normalized spacial score (nSPS) is 11.2. The maximum Gasteiger partial charge on any atom is 0.216 e. The summed E-state index contributed by atoms with van der Waals surface area (Å²) in [5.74, 6) is 0.279. The third kappa shape index (κ3) is 2.45. The van der Waals surface area contributed by atoms with E-state index in [0.717, 1.165) is 4.88 Å². The molecule has 7 heteroatoms. The number of aromatic nitrogens is 3. The van der Waals surface area contributed by atoms with Crippen LogP contribution in [-0.4, -0.2) is 21.1 Å². The van der Waals surface area contributed by atoms with Crippen LogP contribution in [0.15, 0.2) is 46.9 Å². The Kier molecular flexibility index (Phi) is 3.53. The molecule has 100 valence electrons. The number of thiophene rings is 1. The maximum absolute atomic E-state index is 13.5. The van der Waals surface area contributed by atoms with Crippen molar-refractivity contribution in [1.82, 2.24) is 14.9 Å². The van der Waals surface area contributed by atoms with E-state index in [9.17, 15) is 4.39 Å². The smallest absolute Gasteiger partial charge is 0.216 e. The highest BCUT2D eigenvalue weighted by Gasteiger charge is 2.08. The lowest BCUT2D eigenvalue weighted by Crippen LogP contribution is -1.95. The Balaban J connectivity index is 2.02. The molecule has 0 fully saturated rings. The first-order valence-electron chi connectivity index (χ1n) is 5.76. The maximum atomic E-state index is 13.5. The summed E-state index contributed by atoms with van der Waals surface area (Å²) in [6.07, 6.45) is 1.43. The van der Waals surface area contributed by atoms with E-state index in [1.807, 2.05) is 17.5 Å². The molecule has 0 atom stereocenters. The standard InChI is InChI=1S/C13H9FN4S2/c14-10-5-2-1-4-9(10)8-15-18-12(16-17-13(18)19)11-6-3-7-20-11/h1-8H,(H,17,19)/b15-8+. The zero-order chi connectivity index (χ0) is 13.9. The minimum atomic E-state index is -0.330. The second kappa shape index (κ2) is 5.48. The molecule has 1 aromatic carbocycles. The summed E-state index contributed by atoms with van der Waals surface area (Å²) in [4.78, 5) is 0.933. The average Bonchev–Trinajstić information content (AvgIpc) is 3.08. The lowest BCUT2D eigenvalue weighted by molar-refractivity contribution is 0.625. The first-order valence-corrected chi connectivity index (χ1v) is 7.04. The number of H-pyrrole nitrogens is 1. The Morgan fingerprint density at radius 1 is 1.30 bits per heavy atom. The van der Waals surface area contributed by atoms with Crippen LogP contribution in [0, 0.1) is 10.6 Å². The molecule has 4 nitrogen and oxygen atoms in total. The van der Waals surface area contributed by atoms with Crippen molar-refractivity contribution in [3.8, 4) is 10.7 Å². The van der Waals surface area contributed by atoms with E-state index in [1.54, 1.807) is 18.2 Å². The zero-order valence-electron chi connectivity index (χ0n) is 10.2. The monoisotopic (exact) mass is 304 g/mol. The van der Waals surface area contributed by atoms with Crippen molar-refractivity contribution in [3.05, 3.63) is 57.9 Å². The molecule has 2 aromatic heterocycles. The number of benzene rings is 1. The number of nitrogens with one attached hydrogen (secondary N) is 1. The molecule has 2 heterocycles. The lowest BCUT2D eigenvalue weighted by atomic mass is 10.2. The topological polar surface area (TPSA) is 46.0 Å². The van der Waals surface area contributed by atoms with Crippen molar-refractivity contribution in [2.45, 2.75) is 0 Å². The van der Waals surface area contributed by atoms with Crippen molar-refractivity contribution in [1.29, 1.82) is 0 Å². The minimum absolute atomic E-state index is 0.330. The number of rotatable bonds is 3. The quantitative estimate of drug-likeness (QED) is 0.592. The summed E-state index contributed by atoms with van der Waals surface area (Å²) in [5, 5.41) is 13.0. The van der Waals surface area contributed by atoms with Gasteiger partial charge in [-0.1, -0.05) is 24.3 Å². The molecule has 0 radical (unpaired) electrons. The van der Waals surface area contributed by atoms with Crippen molar-refractivity contribution in [3.63, 3.8) is 0 Å². The average molecular weight is 304 g/mol. The third-order valence-electron chi connectivity index (χ3n) is 2.61. The molecular formula is C13H9FN4S2. The first-order chi connectivity index (χ1) is 9.75. The van der Waals surface area contributed by atoms with Crippen LogP contribution >= 0.6 is 23.6 Å². The molecule has 0 aliphatic rings. The number of halogens is 1. The van der Waals surface area contributed by atoms with Gasteiger partial charge in [-0.15, -0.1) is 11.3 Å². The summed E-state index contributed by atoms with van der Waals surface area (Å²) >= 11 is 6.67. The van der Waals surface area contributed by atoms with E-state index in [1.165, 1.54) is 28.3 Å². The van der Waals surface area contributed by atoms with Gasteiger partial charge in [-0.2, -0.15) is 14.9 Å². The summed E-state index contributed by atoms with van der Waals surface area (Å²) in [6.45, 7) is 0. The second-order valence-corrected chi connectivity index (χ2v) is 5.24. The highest BCUT2D eigenvalue weighted by Crippen LogP contribution is 2.22. The molecule has 0 saturated carbocycles. The van der Waals surface area contributed by atoms with Crippen molar-refractivity contribution in [2.75, 3.05) is 0 Å². The Bertz CT molecular complexity index is 802. The molecule has 0 aliphatic carbocycles. The largest absolute Gasteiger partial charge is 0.250 e. The van der Waals surface area contributed by atoms with E-state index in [4.69, 9.17) is 12.2 Å². The molecule has 20 heavy (non-hydrogen) atoms. The molecule has 0 bridgehead atoms. The van der Waals surface area contributed by atoms with Crippen LogP contribution in [0.4, 0.5) is 4.39 Å². The van der Waals surface area contributed by atoms with Gasteiger partial charge in [0.15, 0.2) is 5.82 Å². The van der Waals surface area contributed by atoms with Crippen LogP contribution in [0.2, 0.25) is 0 Å². The van der Waals surface area contributed by atoms with Crippen LogP contribution in [0.5, 0.6) is 0 Å². The number of nitrogens with zero attached hydrogens (tertiary/aromatic N) is 3. The van der Waals surface area contributed by atoms with Crippen molar-refractivity contribution >= 4 is 29.8 Å². The van der Waals surface area contributed by atoms with Gasteiger partial charge < -0.3 is 0 Å². The summed E-state index contributed by atoms with van der Waals surface area (Å²) in [6, 6.07) is 10.3. The molecule has 0 amide bonds. The van der Waals surface area contributed by atoms with Crippen LogP contribution in [0.1, 0.15) is 5.56 Å². The van der Waals surface area contributed by atoms with Crippen molar-refractivity contribution in [2.24, 2.45) is 5.10 Å². The number of hydrogen-bond donors (Lipinski definition) is 1. The number of hydrogen-bond acceptors (Lipinski definition) is 4. The first kappa shape index (κ1) is 12.9. The van der Waals surface area contributed by atoms with Gasteiger partial charge in [-0.25, -0.2) is 9.49 Å². The summed E-state index contributed by atoms with van der Waals surface area (Å²) in [7, 11) is 0. The fourth-order valence-electron chi connectivity index (χ4n) is 1.66. The van der Waals surface area contributed by atoms with Crippen LogP contribution in [0.3, 0.4) is 0 Å². The Labute approximate surface area is 123 Å². The SMILES string of the molecule is Fc1ccccc1/C=N/n1c(-c2cccs2)n[nH]c1=S.